The number of hydrogen-bond acceptors (Lipinski definition) is 6. The third-order valence-electron chi connectivity index (χ3n) is 2.47. The first-order chi connectivity index (χ1) is 10.1. The van der Waals surface area contributed by atoms with Gasteiger partial charge in [0.2, 0.25) is 5.96 Å². The van der Waals surface area contributed by atoms with Crippen LogP contribution in [0.4, 0.5) is 10.5 Å². The summed E-state index contributed by atoms with van der Waals surface area (Å²) in [5.41, 5.74) is 0.560. The largest absolute Gasteiger partial charge is 0.444 e. The van der Waals surface area contributed by atoms with Crippen molar-refractivity contribution < 1.29 is 14.5 Å². The molecular formula is C12H11N5O4. The van der Waals surface area contributed by atoms with E-state index in [9.17, 15) is 14.9 Å². The van der Waals surface area contributed by atoms with E-state index in [1.165, 1.54) is 36.7 Å². The number of nitro benzene ring substituents is 1. The van der Waals surface area contributed by atoms with Gasteiger partial charge in [0.15, 0.2) is 0 Å². The zero-order valence-electron chi connectivity index (χ0n) is 10.7. The van der Waals surface area contributed by atoms with Gasteiger partial charge in [0.25, 0.3) is 5.69 Å². The highest BCUT2D eigenvalue weighted by Crippen LogP contribution is 2.12. The number of non-ortho nitro benzene ring substituents is 1. The molecule has 2 aromatic rings. The molecule has 9 nitrogen and oxygen atoms in total. The summed E-state index contributed by atoms with van der Waals surface area (Å²) in [5.74, 6) is -0.242. The Labute approximate surface area is 118 Å². The van der Waals surface area contributed by atoms with Gasteiger partial charge in [-0.25, -0.2) is 9.48 Å². The van der Waals surface area contributed by atoms with E-state index in [1.54, 1.807) is 6.07 Å². The average molecular weight is 289 g/mol. The molecule has 0 aliphatic heterocycles. The first-order valence-corrected chi connectivity index (χ1v) is 5.82. The number of carbonyl (C=O) groups is 1. The maximum absolute atomic E-state index is 11.5. The highest BCUT2D eigenvalue weighted by atomic mass is 16.6. The zero-order chi connectivity index (χ0) is 15.2. The number of ether oxygens (including phenoxy) is 1. The van der Waals surface area contributed by atoms with Gasteiger partial charge < -0.3 is 4.74 Å². The van der Waals surface area contributed by atoms with Crippen LogP contribution in [-0.2, 0) is 11.3 Å². The van der Waals surface area contributed by atoms with Gasteiger partial charge in [-0.2, -0.15) is 5.10 Å². The fraction of sp³-hybridized carbons (Fsp3) is 0.0833. The van der Waals surface area contributed by atoms with Crippen LogP contribution in [0.5, 0.6) is 0 Å². The predicted octanol–water partition coefficient (Wildman–Crippen LogP) is 1.50. The molecule has 0 spiro atoms. The molecule has 0 fully saturated rings. The lowest BCUT2D eigenvalue weighted by molar-refractivity contribution is -0.384. The van der Waals surface area contributed by atoms with E-state index in [4.69, 9.17) is 10.1 Å². The van der Waals surface area contributed by atoms with Crippen molar-refractivity contribution in [1.82, 2.24) is 15.1 Å². The fourth-order valence-corrected chi connectivity index (χ4v) is 1.45. The van der Waals surface area contributed by atoms with Gasteiger partial charge in [-0.05, 0) is 23.8 Å². The Kier molecular flexibility index (Phi) is 4.24. The lowest BCUT2D eigenvalue weighted by atomic mass is 10.2. The minimum atomic E-state index is -0.811. The van der Waals surface area contributed by atoms with Crippen LogP contribution in [0.1, 0.15) is 5.56 Å². The van der Waals surface area contributed by atoms with Crippen molar-refractivity contribution in [3.8, 4) is 0 Å². The van der Waals surface area contributed by atoms with Gasteiger partial charge in [-0.3, -0.25) is 20.8 Å². The Morgan fingerprint density at radius 2 is 2.14 bits per heavy atom. The Hall–Kier alpha value is -3.23. The van der Waals surface area contributed by atoms with Gasteiger partial charge in [0.1, 0.15) is 6.61 Å². The summed E-state index contributed by atoms with van der Waals surface area (Å²) >= 11 is 0. The molecule has 2 N–H and O–H groups in total. The van der Waals surface area contributed by atoms with E-state index < -0.39 is 11.0 Å². The maximum atomic E-state index is 11.5. The number of benzene rings is 1. The molecule has 0 unspecified atom stereocenters. The summed E-state index contributed by atoms with van der Waals surface area (Å²) in [6.07, 6.45) is 2.16. The number of nitro groups is 1. The summed E-state index contributed by atoms with van der Waals surface area (Å²) in [5, 5.41) is 24.0. The Balaban J connectivity index is 1.83. The van der Waals surface area contributed by atoms with Gasteiger partial charge >= 0.3 is 6.09 Å². The number of amides is 1. The van der Waals surface area contributed by atoms with Crippen molar-refractivity contribution >= 4 is 17.7 Å². The zero-order valence-corrected chi connectivity index (χ0v) is 10.7. The van der Waals surface area contributed by atoms with Crippen molar-refractivity contribution in [1.29, 1.82) is 5.41 Å². The van der Waals surface area contributed by atoms with Gasteiger partial charge in [0.05, 0.1) is 4.92 Å². The molecule has 1 aromatic carbocycles. The summed E-state index contributed by atoms with van der Waals surface area (Å²) < 4.78 is 6.06. The maximum Gasteiger partial charge on any atom is 0.414 e. The quantitative estimate of drug-likeness (QED) is 0.383. The molecule has 0 atom stereocenters. The van der Waals surface area contributed by atoms with E-state index in [0.29, 0.717) is 5.56 Å². The van der Waals surface area contributed by atoms with Crippen molar-refractivity contribution in [3.05, 3.63) is 58.4 Å². The topological polar surface area (TPSA) is 123 Å². The molecule has 9 heteroatoms. The molecule has 0 aliphatic carbocycles. The monoisotopic (exact) mass is 289 g/mol. The Morgan fingerprint density at radius 1 is 1.43 bits per heavy atom. The number of hydrogen-bond donors (Lipinski definition) is 2. The minimum absolute atomic E-state index is 0.0383. The van der Waals surface area contributed by atoms with E-state index in [1.807, 2.05) is 0 Å². The van der Waals surface area contributed by atoms with E-state index >= 15 is 0 Å². The number of carbonyl (C=O) groups excluding carboxylic acids is 1. The molecular weight excluding hydrogens is 278 g/mol. The number of nitrogens with zero attached hydrogens (tertiary/aromatic N) is 3. The number of alkyl carbamates (subject to hydrolysis) is 1. The molecule has 0 radical (unpaired) electrons. The summed E-state index contributed by atoms with van der Waals surface area (Å²) in [6, 6.07) is 7.23. The van der Waals surface area contributed by atoms with Gasteiger partial charge in [-0.15, -0.1) is 0 Å². The first kappa shape index (κ1) is 14.2. The Bertz CT molecular complexity index is 651. The highest BCUT2D eigenvalue weighted by Gasteiger charge is 2.09. The van der Waals surface area contributed by atoms with Crippen molar-refractivity contribution in [2.45, 2.75) is 6.61 Å². The second kappa shape index (κ2) is 6.28. The van der Waals surface area contributed by atoms with Crippen LogP contribution in [-0.4, -0.2) is 26.8 Å². The third-order valence-corrected chi connectivity index (χ3v) is 2.47. The van der Waals surface area contributed by atoms with Crippen molar-refractivity contribution in [2.75, 3.05) is 0 Å². The predicted molar refractivity (Wildman–Crippen MR) is 71.8 cm³/mol. The average Bonchev–Trinajstić information content (AvgIpc) is 3.00. The minimum Gasteiger partial charge on any atom is -0.444 e. The summed E-state index contributed by atoms with van der Waals surface area (Å²) in [7, 11) is 0. The molecule has 0 saturated carbocycles. The van der Waals surface area contributed by atoms with E-state index in [0.717, 1.165) is 4.68 Å². The number of rotatable bonds is 3. The standard InChI is InChI=1S/C12H11N5O4/c13-11(16-7-1-6-14-16)15-12(18)21-8-9-2-4-10(5-3-9)17(19)20/h1-7H,8H2,(H2,13,15,18). The molecule has 108 valence electrons. The van der Waals surface area contributed by atoms with Gasteiger partial charge in [-0.1, -0.05) is 0 Å². The molecule has 21 heavy (non-hydrogen) atoms. The second-order valence-electron chi connectivity index (χ2n) is 3.92. The van der Waals surface area contributed by atoms with Crippen molar-refractivity contribution in [2.24, 2.45) is 0 Å². The first-order valence-electron chi connectivity index (χ1n) is 5.82. The second-order valence-corrected chi connectivity index (χ2v) is 3.92. The SMILES string of the molecule is N=C(NC(=O)OCc1ccc([N+](=O)[O-])cc1)n1cccn1. The molecule has 1 aromatic heterocycles. The number of nitrogens with one attached hydrogen (secondary N) is 2. The molecule has 2 rings (SSSR count). The molecule has 0 saturated heterocycles. The van der Waals surface area contributed by atoms with E-state index in [2.05, 4.69) is 10.4 Å². The normalized spacial score (nSPS) is 9.90. The van der Waals surface area contributed by atoms with Crippen LogP contribution in [0.3, 0.4) is 0 Å². The highest BCUT2D eigenvalue weighted by molar-refractivity contribution is 5.92. The third kappa shape index (κ3) is 3.86. The molecule has 0 bridgehead atoms. The molecule has 1 amide bonds. The Morgan fingerprint density at radius 3 is 2.71 bits per heavy atom. The lowest BCUT2D eigenvalue weighted by Gasteiger charge is -2.07. The fourth-order valence-electron chi connectivity index (χ4n) is 1.45. The van der Waals surface area contributed by atoms with Crippen LogP contribution < -0.4 is 5.32 Å². The van der Waals surface area contributed by atoms with Crippen LogP contribution >= 0.6 is 0 Å². The van der Waals surface area contributed by atoms with Crippen LogP contribution in [0, 0.1) is 15.5 Å². The van der Waals surface area contributed by atoms with Crippen LogP contribution in [0.2, 0.25) is 0 Å². The van der Waals surface area contributed by atoms with E-state index in [-0.39, 0.29) is 18.3 Å². The smallest absolute Gasteiger partial charge is 0.414 e. The van der Waals surface area contributed by atoms with Gasteiger partial charge in [0, 0.05) is 24.5 Å². The summed E-state index contributed by atoms with van der Waals surface area (Å²) in [4.78, 5) is 21.5. The molecule has 0 aliphatic rings. The molecule has 1 heterocycles. The van der Waals surface area contributed by atoms with Crippen LogP contribution in [0.25, 0.3) is 0 Å². The summed E-state index contributed by atoms with van der Waals surface area (Å²) in [6.45, 7) is -0.0593. The number of aromatic nitrogens is 2. The lowest BCUT2D eigenvalue weighted by Crippen LogP contribution is -2.35. The van der Waals surface area contributed by atoms with Crippen molar-refractivity contribution in [3.63, 3.8) is 0 Å². The van der Waals surface area contributed by atoms with Crippen LogP contribution in [0.15, 0.2) is 42.7 Å².